The standard InChI is InChI=1S/C70H43N/c1-3-17-46-39-50(32-29-44(46)15-1)68-61-25-9-10-26-62(61)70(52-33-30-45-16-2-4-18-47(45)40-52)64-43-53(36-38-63(64)68)69-59-23-7-5-21-57(59)67(58-22-6-8-24-60(58)69)51-34-31-49-42-54(37-35-48(49)41-51)71-65-27-13-11-19-55(65)56-20-12-14-28-66(56)71/h1-43H. The number of nitrogens with zero attached hydrogens (tertiary/aromatic N) is 1. The Morgan fingerprint density at radius 3 is 0.944 bits per heavy atom. The van der Waals surface area contributed by atoms with E-state index in [1.54, 1.807) is 0 Å². The van der Waals surface area contributed by atoms with Gasteiger partial charge in [0.1, 0.15) is 0 Å². The van der Waals surface area contributed by atoms with Crippen molar-refractivity contribution in [2.75, 3.05) is 0 Å². The molecule has 328 valence electrons. The Labute approximate surface area is 410 Å². The second-order valence-corrected chi connectivity index (χ2v) is 19.1. The lowest BCUT2D eigenvalue weighted by molar-refractivity contribution is 1.19. The van der Waals surface area contributed by atoms with Gasteiger partial charge in [0, 0.05) is 16.5 Å². The SMILES string of the molecule is c1ccc2cc(-c3c4ccccc4c(-c4ccc5ccccc5c4)c4cc(-c5c6ccccc6c(-c6ccc7cc(-n8c9ccccc9c9ccccc98)ccc7c6)c6ccccc56)ccc34)ccc2c1. The first kappa shape index (κ1) is 39.7. The van der Waals surface area contributed by atoms with Crippen LogP contribution in [-0.2, 0) is 0 Å². The lowest BCUT2D eigenvalue weighted by atomic mass is 9.82. The topological polar surface area (TPSA) is 4.93 Å². The van der Waals surface area contributed by atoms with Crippen LogP contribution in [0.4, 0.5) is 0 Å². The minimum absolute atomic E-state index is 1.17. The number of hydrogen-bond donors (Lipinski definition) is 0. The number of para-hydroxylation sites is 2. The van der Waals surface area contributed by atoms with Crippen LogP contribution in [-0.4, -0.2) is 4.57 Å². The van der Waals surface area contributed by atoms with Gasteiger partial charge < -0.3 is 4.57 Å². The van der Waals surface area contributed by atoms with Gasteiger partial charge in [0.2, 0.25) is 0 Å². The maximum absolute atomic E-state index is 2.50. The maximum Gasteiger partial charge on any atom is 0.0541 e. The third-order valence-corrected chi connectivity index (χ3v) is 15.3. The second-order valence-electron chi connectivity index (χ2n) is 19.1. The third kappa shape index (κ3) is 6.13. The van der Waals surface area contributed by atoms with Crippen LogP contribution in [0.2, 0.25) is 0 Å². The summed E-state index contributed by atoms with van der Waals surface area (Å²) in [5.41, 5.74) is 13.5. The van der Waals surface area contributed by atoms with Crippen LogP contribution in [0.5, 0.6) is 0 Å². The summed E-state index contributed by atoms with van der Waals surface area (Å²) in [5.74, 6) is 0. The number of benzene rings is 14. The molecule has 1 heteroatoms. The molecule has 0 fully saturated rings. The average Bonchev–Trinajstić information content (AvgIpc) is 3.77. The molecule has 0 aliphatic heterocycles. The maximum atomic E-state index is 2.50. The lowest BCUT2D eigenvalue weighted by Crippen LogP contribution is -1.94. The summed E-state index contributed by atoms with van der Waals surface area (Å²) in [6.45, 7) is 0. The highest BCUT2D eigenvalue weighted by atomic mass is 15.0. The molecule has 0 aliphatic rings. The van der Waals surface area contributed by atoms with Crippen molar-refractivity contribution < 1.29 is 0 Å². The van der Waals surface area contributed by atoms with Crippen LogP contribution in [0.1, 0.15) is 0 Å². The van der Waals surface area contributed by atoms with Crippen molar-refractivity contribution in [2.24, 2.45) is 0 Å². The fourth-order valence-corrected chi connectivity index (χ4v) is 12.1. The molecule has 0 saturated carbocycles. The largest absolute Gasteiger partial charge is 0.309 e. The van der Waals surface area contributed by atoms with E-state index in [1.807, 2.05) is 0 Å². The number of fused-ring (bicyclic) bond motifs is 10. The molecular weight excluding hydrogens is 855 g/mol. The van der Waals surface area contributed by atoms with E-state index >= 15 is 0 Å². The van der Waals surface area contributed by atoms with E-state index in [0.29, 0.717) is 0 Å². The third-order valence-electron chi connectivity index (χ3n) is 15.3. The predicted molar refractivity (Wildman–Crippen MR) is 305 cm³/mol. The molecule has 15 aromatic rings. The summed E-state index contributed by atoms with van der Waals surface area (Å²) in [6, 6.07) is 97.2. The van der Waals surface area contributed by atoms with Crippen molar-refractivity contribution in [1.29, 1.82) is 0 Å². The predicted octanol–water partition coefficient (Wildman–Crippen LogP) is 19.5. The second kappa shape index (κ2) is 15.6. The quantitative estimate of drug-likeness (QED) is 0.152. The zero-order valence-corrected chi connectivity index (χ0v) is 38.8. The average molecular weight is 898 g/mol. The van der Waals surface area contributed by atoms with Crippen molar-refractivity contribution in [3.63, 3.8) is 0 Å². The smallest absolute Gasteiger partial charge is 0.0541 e. The summed E-state index contributed by atoms with van der Waals surface area (Å²) < 4.78 is 2.40. The van der Waals surface area contributed by atoms with Gasteiger partial charge in [0.25, 0.3) is 0 Å². The highest BCUT2D eigenvalue weighted by molar-refractivity contribution is 6.25. The summed E-state index contributed by atoms with van der Waals surface area (Å²) in [4.78, 5) is 0. The van der Waals surface area contributed by atoms with E-state index in [9.17, 15) is 0 Å². The number of aromatic nitrogens is 1. The number of rotatable bonds is 5. The molecule has 14 aromatic carbocycles. The van der Waals surface area contributed by atoms with Crippen LogP contribution in [0.3, 0.4) is 0 Å². The van der Waals surface area contributed by atoms with Crippen LogP contribution in [0.25, 0.3) is 147 Å². The Morgan fingerprint density at radius 1 is 0.183 bits per heavy atom. The summed E-state index contributed by atoms with van der Waals surface area (Å²) >= 11 is 0. The molecule has 0 saturated heterocycles. The molecule has 0 N–H and O–H groups in total. The molecular formula is C70H43N. The van der Waals surface area contributed by atoms with Crippen molar-refractivity contribution in [2.45, 2.75) is 0 Å². The van der Waals surface area contributed by atoms with Gasteiger partial charge in [0.15, 0.2) is 0 Å². The van der Waals surface area contributed by atoms with E-state index < -0.39 is 0 Å². The Balaban J connectivity index is 0.955. The first-order chi connectivity index (χ1) is 35.2. The van der Waals surface area contributed by atoms with E-state index in [4.69, 9.17) is 0 Å². The van der Waals surface area contributed by atoms with Crippen LogP contribution < -0.4 is 0 Å². The molecule has 0 bridgehead atoms. The normalized spacial score (nSPS) is 11.9. The van der Waals surface area contributed by atoms with Gasteiger partial charge >= 0.3 is 0 Å². The molecule has 0 unspecified atom stereocenters. The molecule has 71 heavy (non-hydrogen) atoms. The Hall–Kier alpha value is -9.30. The van der Waals surface area contributed by atoms with E-state index in [-0.39, 0.29) is 0 Å². The van der Waals surface area contributed by atoms with Crippen LogP contribution in [0.15, 0.2) is 261 Å². The Bertz CT molecular complexity index is 4590. The van der Waals surface area contributed by atoms with Crippen molar-refractivity contribution >= 4 is 97.2 Å². The monoisotopic (exact) mass is 897 g/mol. The lowest BCUT2D eigenvalue weighted by Gasteiger charge is -2.21. The molecule has 15 rings (SSSR count). The van der Waals surface area contributed by atoms with Gasteiger partial charge in [0.05, 0.1) is 11.0 Å². The van der Waals surface area contributed by atoms with Crippen molar-refractivity contribution in [3.8, 4) is 50.2 Å². The Kier molecular flexibility index (Phi) is 8.73. The molecule has 1 aromatic heterocycles. The highest BCUT2D eigenvalue weighted by Gasteiger charge is 2.22. The molecule has 1 heterocycles. The van der Waals surface area contributed by atoms with Gasteiger partial charge in [-0.15, -0.1) is 0 Å². The molecule has 0 radical (unpaired) electrons. The van der Waals surface area contributed by atoms with Gasteiger partial charge in [-0.2, -0.15) is 0 Å². The number of hydrogen-bond acceptors (Lipinski definition) is 0. The van der Waals surface area contributed by atoms with Gasteiger partial charge in [-0.05, 0) is 168 Å². The molecule has 0 spiro atoms. The van der Waals surface area contributed by atoms with Crippen LogP contribution >= 0.6 is 0 Å². The molecule has 0 atom stereocenters. The van der Waals surface area contributed by atoms with Gasteiger partial charge in [-0.3, -0.25) is 0 Å². The fraction of sp³-hybridized carbons (Fsp3) is 0. The van der Waals surface area contributed by atoms with E-state index in [0.717, 1.165) is 0 Å². The minimum Gasteiger partial charge on any atom is -0.309 e. The first-order valence-corrected chi connectivity index (χ1v) is 24.7. The van der Waals surface area contributed by atoms with E-state index in [1.165, 1.54) is 147 Å². The Morgan fingerprint density at radius 2 is 0.479 bits per heavy atom. The summed E-state index contributed by atoms with van der Waals surface area (Å²) in [7, 11) is 0. The van der Waals surface area contributed by atoms with Crippen molar-refractivity contribution in [1.82, 2.24) is 4.57 Å². The van der Waals surface area contributed by atoms with Crippen LogP contribution in [0, 0.1) is 0 Å². The molecule has 0 amide bonds. The van der Waals surface area contributed by atoms with Gasteiger partial charge in [-0.1, -0.05) is 212 Å². The fourth-order valence-electron chi connectivity index (χ4n) is 12.1. The van der Waals surface area contributed by atoms with Gasteiger partial charge in [-0.25, -0.2) is 0 Å². The summed E-state index contributed by atoms with van der Waals surface area (Å²) in [6.07, 6.45) is 0. The summed E-state index contributed by atoms with van der Waals surface area (Å²) in [5, 5.41) is 19.9. The molecule has 1 nitrogen and oxygen atoms in total. The van der Waals surface area contributed by atoms with Crippen molar-refractivity contribution in [3.05, 3.63) is 261 Å². The zero-order chi connectivity index (χ0) is 46.6. The molecule has 0 aliphatic carbocycles. The first-order valence-electron chi connectivity index (χ1n) is 24.7. The zero-order valence-electron chi connectivity index (χ0n) is 38.8. The minimum atomic E-state index is 1.17. The highest BCUT2D eigenvalue weighted by Crippen LogP contribution is 2.49. The van der Waals surface area contributed by atoms with E-state index in [2.05, 4.69) is 265 Å².